The molecular weight excluding hydrogens is 342 g/mol. The van der Waals surface area contributed by atoms with Crippen LogP contribution < -0.4 is 14.4 Å². The van der Waals surface area contributed by atoms with Gasteiger partial charge in [0.2, 0.25) is 0 Å². The smallest absolute Gasteiger partial charge is 0.280 e. The van der Waals surface area contributed by atoms with Crippen LogP contribution in [0.25, 0.3) is 0 Å². The van der Waals surface area contributed by atoms with E-state index < -0.39 is 0 Å². The number of fused-ring (bicyclic) bond motifs is 1. The lowest BCUT2D eigenvalue weighted by atomic mass is 9.97. The third kappa shape index (κ3) is 2.65. The number of aryl methyl sites for hydroxylation is 2. The highest BCUT2D eigenvalue weighted by Crippen LogP contribution is 2.45. The summed E-state index contributed by atoms with van der Waals surface area (Å²) in [5.41, 5.74) is 5.05. The Morgan fingerprint density at radius 2 is 1.78 bits per heavy atom. The number of amides is 1. The number of aromatic amines is 1. The van der Waals surface area contributed by atoms with E-state index in [2.05, 4.69) is 10.2 Å². The number of benzene rings is 2. The minimum absolute atomic E-state index is 0.124. The lowest BCUT2D eigenvalue weighted by Gasteiger charge is -2.27. The van der Waals surface area contributed by atoms with Gasteiger partial charge in [-0.25, -0.2) is 0 Å². The molecule has 1 unspecified atom stereocenters. The molecule has 0 saturated heterocycles. The summed E-state index contributed by atoms with van der Waals surface area (Å²) in [4.78, 5) is 15.0. The Hall–Kier alpha value is -3.28. The largest absolute Gasteiger partial charge is 0.497 e. The number of rotatable bonds is 4. The molecule has 1 aromatic heterocycles. The fourth-order valence-electron chi connectivity index (χ4n) is 3.61. The van der Waals surface area contributed by atoms with Gasteiger partial charge in [-0.1, -0.05) is 17.7 Å². The number of ether oxygens (including phenoxy) is 2. The molecular formula is C21H21N3O3. The highest BCUT2D eigenvalue weighted by Gasteiger charge is 2.43. The van der Waals surface area contributed by atoms with Crippen molar-refractivity contribution in [3.63, 3.8) is 0 Å². The molecule has 1 amide bonds. The quantitative estimate of drug-likeness (QED) is 0.766. The minimum Gasteiger partial charge on any atom is -0.497 e. The van der Waals surface area contributed by atoms with Crippen molar-refractivity contribution >= 4 is 11.6 Å². The van der Waals surface area contributed by atoms with Gasteiger partial charge < -0.3 is 9.47 Å². The molecule has 2 aromatic carbocycles. The SMILES string of the molecule is COc1ccc(C2c3c(n[nH]c3C)C(=O)N2c2ccc(C)cc2)c(OC)c1. The third-order valence-electron chi connectivity index (χ3n) is 4.99. The van der Waals surface area contributed by atoms with Crippen LogP contribution in [0.3, 0.4) is 0 Å². The van der Waals surface area contributed by atoms with Gasteiger partial charge in [0.25, 0.3) is 5.91 Å². The summed E-state index contributed by atoms with van der Waals surface area (Å²) in [6, 6.07) is 13.3. The molecule has 1 aliphatic rings. The predicted octanol–water partition coefficient (Wildman–Crippen LogP) is 3.79. The minimum atomic E-state index is -0.324. The Labute approximate surface area is 157 Å². The maximum Gasteiger partial charge on any atom is 0.280 e. The number of carbonyl (C=O) groups is 1. The first-order valence-electron chi connectivity index (χ1n) is 8.72. The van der Waals surface area contributed by atoms with Crippen LogP contribution >= 0.6 is 0 Å². The summed E-state index contributed by atoms with van der Waals surface area (Å²) in [5.74, 6) is 1.24. The Bertz CT molecular complexity index is 1010. The molecule has 3 aromatic rings. The van der Waals surface area contributed by atoms with Gasteiger partial charge in [-0.3, -0.25) is 14.8 Å². The maximum atomic E-state index is 13.2. The first-order chi connectivity index (χ1) is 13.0. The average Bonchev–Trinajstić information content (AvgIpc) is 3.20. The molecule has 1 N–H and O–H groups in total. The van der Waals surface area contributed by atoms with E-state index in [9.17, 15) is 4.79 Å². The molecule has 0 bridgehead atoms. The second-order valence-electron chi connectivity index (χ2n) is 6.63. The summed E-state index contributed by atoms with van der Waals surface area (Å²) in [6.07, 6.45) is 0. The predicted molar refractivity (Wildman–Crippen MR) is 103 cm³/mol. The average molecular weight is 363 g/mol. The maximum absolute atomic E-state index is 13.2. The highest BCUT2D eigenvalue weighted by atomic mass is 16.5. The molecule has 0 aliphatic carbocycles. The van der Waals surface area contributed by atoms with Gasteiger partial charge in [-0.05, 0) is 38.1 Å². The summed E-state index contributed by atoms with van der Waals surface area (Å²) in [5, 5.41) is 7.20. The van der Waals surface area contributed by atoms with Crippen molar-refractivity contribution in [2.24, 2.45) is 0 Å². The Morgan fingerprint density at radius 3 is 2.44 bits per heavy atom. The molecule has 6 heteroatoms. The Kier molecular flexibility index (Phi) is 4.11. The molecule has 4 rings (SSSR count). The van der Waals surface area contributed by atoms with Crippen molar-refractivity contribution in [1.29, 1.82) is 0 Å². The fourth-order valence-corrected chi connectivity index (χ4v) is 3.61. The van der Waals surface area contributed by atoms with E-state index in [0.29, 0.717) is 17.2 Å². The van der Waals surface area contributed by atoms with Crippen LogP contribution in [0.1, 0.15) is 38.9 Å². The zero-order chi connectivity index (χ0) is 19.1. The highest BCUT2D eigenvalue weighted by molar-refractivity contribution is 6.10. The molecule has 138 valence electrons. The third-order valence-corrected chi connectivity index (χ3v) is 4.99. The zero-order valence-electron chi connectivity index (χ0n) is 15.7. The van der Waals surface area contributed by atoms with Crippen molar-refractivity contribution in [3.8, 4) is 11.5 Å². The number of aromatic nitrogens is 2. The van der Waals surface area contributed by atoms with Crippen LogP contribution in [0.5, 0.6) is 11.5 Å². The summed E-state index contributed by atoms with van der Waals surface area (Å²) in [7, 11) is 3.23. The van der Waals surface area contributed by atoms with Gasteiger partial charge in [-0.15, -0.1) is 0 Å². The molecule has 0 radical (unpaired) electrons. The second kappa shape index (κ2) is 6.46. The van der Waals surface area contributed by atoms with Crippen LogP contribution in [0.2, 0.25) is 0 Å². The first kappa shape index (κ1) is 17.1. The number of nitrogens with zero attached hydrogens (tertiary/aromatic N) is 2. The van der Waals surface area contributed by atoms with Crippen molar-refractivity contribution in [2.45, 2.75) is 19.9 Å². The van der Waals surface area contributed by atoms with Crippen LogP contribution in [0.15, 0.2) is 42.5 Å². The van der Waals surface area contributed by atoms with E-state index in [1.54, 1.807) is 19.1 Å². The van der Waals surface area contributed by atoms with Gasteiger partial charge in [0.15, 0.2) is 5.69 Å². The molecule has 1 atom stereocenters. The Morgan fingerprint density at radius 1 is 1.04 bits per heavy atom. The van der Waals surface area contributed by atoms with Crippen LogP contribution in [-0.2, 0) is 0 Å². The summed E-state index contributed by atoms with van der Waals surface area (Å²) < 4.78 is 10.9. The standard InChI is InChI=1S/C21H21N3O3/c1-12-5-7-14(8-6-12)24-20(18-13(2)22-23-19(18)21(24)25)16-10-9-15(26-3)11-17(16)27-4/h5-11,20H,1-4H3,(H,22,23). The topological polar surface area (TPSA) is 67.5 Å². The number of nitrogens with one attached hydrogen (secondary N) is 1. The van der Waals surface area contributed by atoms with Crippen molar-refractivity contribution in [3.05, 3.63) is 70.5 Å². The molecule has 0 saturated carbocycles. The number of methoxy groups -OCH3 is 2. The lowest BCUT2D eigenvalue weighted by molar-refractivity contribution is 0.0988. The number of carbonyl (C=O) groups excluding carboxylic acids is 1. The normalized spacial score (nSPS) is 15.8. The van der Waals surface area contributed by atoms with E-state index in [-0.39, 0.29) is 11.9 Å². The summed E-state index contributed by atoms with van der Waals surface area (Å²) >= 11 is 0. The number of H-pyrrole nitrogens is 1. The Balaban J connectivity index is 1.92. The number of hydrogen-bond donors (Lipinski definition) is 1. The molecule has 0 fully saturated rings. The van der Waals surface area contributed by atoms with Gasteiger partial charge >= 0.3 is 0 Å². The van der Waals surface area contributed by atoms with Crippen molar-refractivity contribution in [1.82, 2.24) is 10.2 Å². The molecule has 27 heavy (non-hydrogen) atoms. The molecule has 1 aliphatic heterocycles. The van der Waals surface area contributed by atoms with Crippen molar-refractivity contribution < 1.29 is 14.3 Å². The second-order valence-corrected chi connectivity index (χ2v) is 6.63. The van der Waals surface area contributed by atoms with Crippen LogP contribution in [0.4, 0.5) is 5.69 Å². The van der Waals surface area contributed by atoms with Gasteiger partial charge in [0.05, 0.1) is 20.3 Å². The van der Waals surface area contributed by atoms with E-state index in [4.69, 9.17) is 9.47 Å². The van der Waals surface area contributed by atoms with Gasteiger partial charge in [0.1, 0.15) is 11.5 Å². The van der Waals surface area contributed by atoms with Gasteiger partial charge in [-0.2, -0.15) is 5.10 Å². The molecule has 2 heterocycles. The number of hydrogen-bond acceptors (Lipinski definition) is 4. The first-order valence-corrected chi connectivity index (χ1v) is 8.72. The summed E-state index contributed by atoms with van der Waals surface area (Å²) in [6.45, 7) is 3.95. The van der Waals surface area contributed by atoms with E-state index >= 15 is 0 Å². The molecule has 6 nitrogen and oxygen atoms in total. The van der Waals surface area contributed by atoms with E-state index in [1.165, 1.54) is 0 Å². The van der Waals surface area contributed by atoms with Gasteiger partial charge in [0, 0.05) is 28.6 Å². The monoisotopic (exact) mass is 363 g/mol. The van der Waals surface area contributed by atoms with Crippen molar-refractivity contribution in [2.75, 3.05) is 19.1 Å². The van der Waals surface area contributed by atoms with Crippen LogP contribution in [-0.4, -0.2) is 30.3 Å². The molecule has 0 spiro atoms. The van der Waals surface area contributed by atoms with E-state index in [0.717, 1.165) is 28.1 Å². The van der Waals surface area contributed by atoms with Crippen LogP contribution in [0, 0.1) is 13.8 Å². The van der Waals surface area contributed by atoms with E-state index in [1.807, 2.05) is 56.3 Å². The zero-order valence-corrected chi connectivity index (χ0v) is 15.7. The fraction of sp³-hybridized carbons (Fsp3) is 0.238. The number of anilines is 1. The lowest BCUT2D eigenvalue weighted by Crippen LogP contribution is -2.29.